The van der Waals surface area contributed by atoms with Crippen LogP contribution in [0.25, 0.3) is 17.2 Å². The Balaban J connectivity index is 2.13. The molecule has 0 amide bonds. The first-order valence-corrected chi connectivity index (χ1v) is 11.8. The third-order valence-electron chi connectivity index (χ3n) is 4.30. The Kier molecular flexibility index (Phi) is 6.93. The van der Waals surface area contributed by atoms with E-state index in [1.807, 2.05) is 0 Å². The molecule has 0 aliphatic rings. The van der Waals surface area contributed by atoms with E-state index in [1.165, 1.54) is 36.4 Å². The van der Waals surface area contributed by atoms with Gasteiger partial charge < -0.3 is 14.9 Å². The van der Waals surface area contributed by atoms with Crippen molar-refractivity contribution in [3.63, 3.8) is 0 Å². The molecule has 0 aliphatic carbocycles. The van der Waals surface area contributed by atoms with E-state index >= 15 is 0 Å². The van der Waals surface area contributed by atoms with Crippen LogP contribution in [0.2, 0.25) is 0 Å². The number of aliphatic carboxylic acids is 1. The largest absolute Gasteiger partial charge is 0.476 e. The molecule has 2 aromatic carbocycles. The van der Waals surface area contributed by atoms with Crippen molar-refractivity contribution >= 4 is 48.8 Å². The zero-order valence-corrected chi connectivity index (χ0v) is 19.4. The van der Waals surface area contributed by atoms with Crippen molar-refractivity contribution in [1.82, 2.24) is 10.1 Å². The van der Waals surface area contributed by atoms with Crippen LogP contribution in [0.3, 0.4) is 0 Å². The molecule has 3 aromatic rings. The number of anilines is 1. The fourth-order valence-electron chi connectivity index (χ4n) is 2.70. The lowest BCUT2D eigenvalue weighted by molar-refractivity contribution is -0.137. The van der Waals surface area contributed by atoms with Gasteiger partial charge in [-0.05, 0) is 46.3 Å². The van der Waals surface area contributed by atoms with E-state index in [4.69, 9.17) is 9.93 Å². The molecule has 34 heavy (non-hydrogen) atoms. The van der Waals surface area contributed by atoms with Crippen molar-refractivity contribution in [2.45, 2.75) is 11.1 Å². The Morgan fingerprint density at radius 2 is 1.85 bits per heavy atom. The maximum Gasteiger partial charge on any atom is 0.418 e. The molecule has 0 spiro atoms. The van der Waals surface area contributed by atoms with Crippen molar-refractivity contribution in [2.75, 3.05) is 11.6 Å². The van der Waals surface area contributed by atoms with E-state index in [2.05, 4.69) is 31.4 Å². The van der Waals surface area contributed by atoms with Crippen LogP contribution in [-0.4, -0.2) is 41.6 Å². The first-order valence-electron chi connectivity index (χ1n) is 9.09. The molecule has 14 heteroatoms. The zero-order valence-electron chi connectivity index (χ0n) is 17.0. The van der Waals surface area contributed by atoms with Gasteiger partial charge in [-0.2, -0.15) is 18.2 Å². The fourth-order valence-corrected chi connectivity index (χ4v) is 3.82. The Morgan fingerprint density at radius 3 is 2.47 bits per heavy atom. The van der Waals surface area contributed by atoms with Crippen LogP contribution in [0.5, 0.6) is 0 Å². The molecule has 0 saturated carbocycles. The van der Waals surface area contributed by atoms with E-state index in [9.17, 15) is 31.5 Å². The number of benzene rings is 2. The van der Waals surface area contributed by atoms with Gasteiger partial charge in [0.1, 0.15) is 5.70 Å². The predicted octanol–water partition coefficient (Wildman–Crippen LogP) is 4.44. The summed E-state index contributed by atoms with van der Waals surface area (Å²) in [4.78, 5) is 15.3. The Bertz CT molecular complexity index is 1420. The SMILES string of the molecule is CS(=O)(=O)c1cccc(-c2nc(/C(Nc3ccccc3C(F)(F)F)=C(\Br)C(=N)C(=O)O)no2)c1. The second-order valence-electron chi connectivity index (χ2n) is 6.76. The first kappa shape index (κ1) is 25.1. The van der Waals surface area contributed by atoms with E-state index in [0.717, 1.165) is 18.4 Å². The molecule has 0 aliphatic heterocycles. The maximum atomic E-state index is 13.4. The minimum absolute atomic E-state index is 0.0356. The number of carboxylic acid groups (broad SMARTS) is 1. The van der Waals surface area contributed by atoms with Crippen LogP contribution in [0.15, 0.2) is 62.4 Å². The number of nitrogens with one attached hydrogen (secondary N) is 2. The highest BCUT2D eigenvalue weighted by atomic mass is 79.9. The molecule has 1 aromatic heterocycles. The quantitative estimate of drug-likeness (QED) is 0.360. The topological polar surface area (TPSA) is 146 Å². The van der Waals surface area contributed by atoms with Gasteiger partial charge in [-0.15, -0.1) is 0 Å². The van der Waals surface area contributed by atoms with Crippen LogP contribution >= 0.6 is 15.9 Å². The number of carbonyl (C=O) groups is 1. The number of hydrogen-bond donors (Lipinski definition) is 3. The number of nitrogens with zero attached hydrogens (tertiary/aromatic N) is 2. The third kappa shape index (κ3) is 5.51. The molecule has 0 saturated heterocycles. The molecule has 3 N–H and O–H groups in total. The van der Waals surface area contributed by atoms with Gasteiger partial charge in [0.05, 0.1) is 20.6 Å². The predicted molar refractivity (Wildman–Crippen MR) is 119 cm³/mol. The average Bonchev–Trinajstić information content (AvgIpc) is 3.25. The van der Waals surface area contributed by atoms with E-state index in [-0.39, 0.29) is 22.2 Å². The zero-order chi connectivity index (χ0) is 25.3. The molecule has 0 bridgehead atoms. The highest BCUT2D eigenvalue weighted by molar-refractivity contribution is 9.12. The summed E-state index contributed by atoms with van der Waals surface area (Å²) in [5.74, 6) is -2.24. The van der Waals surface area contributed by atoms with Gasteiger partial charge in [0.25, 0.3) is 5.89 Å². The summed E-state index contributed by atoms with van der Waals surface area (Å²) in [6.07, 6.45) is -3.74. The van der Waals surface area contributed by atoms with E-state index in [0.29, 0.717) is 0 Å². The second kappa shape index (κ2) is 9.38. The normalized spacial score (nSPS) is 12.7. The van der Waals surface area contributed by atoms with Crippen LogP contribution in [0.1, 0.15) is 11.4 Å². The fraction of sp³-hybridized carbons (Fsp3) is 0.100. The average molecular weight is 559 g/mol. The number of carboxylic acids is 1. The summed E-state index contributed by atoms with van der Waals surface area (Å²) in [6.45, 7) is 0. The van der Waals surface area contributed by atoms with E-state index in [1.54, 1.807) is 0 Å². The molecule has 0 fully saturated rings. The summed E-state index contributed by atoms with van der Waals surface area (Å²) < 4.78 is 68.6. The van der Waals surface area contributed by atoms with Gasteiger partial charge in [-0.1, -0.05) is 23.4 Å². The molecular weight excluding hydrogens is 545 g/mol. The van der Waals surface area contributed by atoms with Gasteiger partial charge in [-0.25, -0.2) is 13.2 Å². The number of rotatable bonds is 7. The van der Waals surface area contributed by atoms with Crippen molar-refractivity contribution < 1.29 is 36.0 Å². The van der Waals surface area contributed by atoms with Crippen molar-refractivity contribution in [3.05, 3.63) is 64.4 Å². The Labute approximate surface area is 198 Å². The summed E-state index contributed by atoms with van der Waals surface area (Å²) >= 11 is 2.91. The summed E-state index contributed by atoms with van der Waals surface area (Å²) in [6, 6.07) is 9.92. The number of para-hydroxylation sites is 1. The number of sulfone groups is 1. The highest BCUT2D eigenvalue weighted by Gasteiger charge is 2.34. The summed E-state index contributed by atoms with van der Waals surface area (Å²) in [5.41, 5.74) is -2.69. The molecule has 3 rings (SSSR count). The maximum absolute atomic E-state index is 13.4. The second-order valence-corrected chi connectivity index (χ2v) is 9.57. The molecule has 0 radical (unpaired) electrons. The summed E-state index contributed by atoms with van der Waals surface area (Å²) in [7, 11) is -3.56. The molecule has 0 unspecified atom stereocenters. The molecular formula is C20H14BrF3N4O5S. The van der Waals surface area contributed by atoms with Gasteiger partial charge in [0.15, 0.2) is 15.5 Å². The highest BCUT2D eigenvalue weighted by Crippen LogP contribution is 2.37. The van der Waals surface area contributed by atoms with Crippen molar-refractivity contribution in [2.24, 2.45) is 0 Å². The Hall–Kier alpha value is -3.52. The lowest BCUT2D eigenvalue weighted by Gasteiger charge is -2.16. The number of aromatic nitrogens is 2. The molecule has 1 heterocycles. The van der Waals surface area contributed by atoms with Crippen LogP contribution in [0, 0.1) is 5.41 Å². The monoisotopic (exact) mass is 558 g/mol. The van der Waals surface area contributed by atoms with Gasteiger partial charge in [0, 0.05) is 11.8 Å². The van der Waals surface area contributed by atoms with Gasteiger partial charge in [-0.3, -0.25) is 5.41 Å². The van der Waals surface area contributed by atoms with Gasteiger partial charge in [0.2, 0.25) is 5.82 Å². The van der Waals surface area contributed by atoms with Crippen molar-refractivity contribution in [1.29, 1.82) is 5.41 Å². The van der Waals surface area contributed by atoms with Gasteiger partial charge >= 0.3 is 12.1 Å². The molecule has 0 atom stereocenters. The standard InChI is InChI=1S/C20H14BrF3N4O5S/c1-34(31,32)11-6-4-5-10(9-11)18-27-17(28-33-18)16(14(21)15(25)19(29)30)26-13-8-3-2-7-12(13)20(22,23)24/h2-9,25-26H,1H3,(H,29,30)/b16-14+,25-15?. The molecule has 178 valence electrons. The first-order chi connectivity index (χ1) is 15.8. The minimum atomic E-state index is -4.74. The molecule has 9 nitrogen and oxygen atoms in total. The van der Waals surface area contributed by atoms with Crippen LogP contribution < -0.4 is 5.32 Å². The lowest BCUT2D eigenvalue weighted by atomic mass is 10.1. The smallest absolute Gasteiger partial charge is 0.418 e. The Morgan fingerprint density at radius 1 is 1.18 bits per heavy atom. The number of hydrogen-bond acceptors (Lipinski definition) is 8. The van der Waals surface area contributed by atoms with E-state index < -0.39 is 49.1 Å². The van der Waals surface area contributed by atoms with Crippen LogP contribution in [0.4, 0.5) is 18.9 Å². The lowest BCUT2D eigenvalue weighted by Crippen LogP contribution is -2.17. The van der Waals surface area contributed by atoms with Crippen LogP contribution in [-0.2, 0) is 20.8 Å². The minimum Gasteiger partial charge on any atom is -0.476 e. The third-order valence-corrected chi connectivity index (χ3v) is 6.21. The number of halogens is 4. The number of alkyl halides is 3. The van der Waals surface area contributed by atoms with Crippen molar-refractivity contribution in [3.8, 4) is 11.5 Å². The summed E-state index contributed by atoms with van der Waals surface area (Å²) in [5, 5.41) is 23.0.